The van der Waals surface area contributed by atoms with Crippen LogP contribution in [0.1, 0.15) is 19.4 Å². The average Bonchev–Trinajstić information content (AvgIpc) is 2.36. The van der Waals surface area contributed by atoms with Gasteiger partial charge in [0.25, 0.3) is 5.91 Å². The molecule has 0 aliphatic rings. The van der Waals surface area contributed by atoms with Crippen molar-refractivity contribution in [3.63, 3.8) is 0 Å². The first-order valence-electron chi connectivity index (χ1n) is 6.31. The lowest BCUT2D eigenvalue weighted by Crippen LogP contribution is -2.40. The number of halogens is 1. The van der Waals surface area contributed by atoms with Gasteiger partial charge in [0.1, 0.15) is 5.75 Å². The van der Waals surface area contributed by atoms with E-state index in [1.165, 1.54) is 5.56 Å². The third-order valence-corrected chi connectivity index (χ3v) is 2.55. The molecule has 0 aliphatic heterocycles. The van der Waals surface area contributed by atoms with Crippen molar-refractivity contribution in [3.05, 3.63) is 29.8 Å². The fourth-order valence-corrected chi connectivity index (χ4v) is 1.52. The Morgan fingerprint density at radius 2 is 1.95 bits per heavy atom. The monoisotopic (exact) mass is 286 g/mol. The second-order valence-corrected chi connectivity index (χ2v) is 4.36. The highest BCUT2D eigenvalue weighted by Crippen LogP contribution is 2.10. The standard InChI is InChI=1S/C14H22N2O2.ClH/c1-4-15-12(3)9-16-14(17)10-18-13-7-5-11(2)6-8-13;/h5-8,12,15H,4,9-10H2,1-3H3,(H,16,17);1H/t12-;/m1./s1. The molecule has 0 heterocycles. The van der Waals surface area contributed by atoms with Crippen molar-refractivity contribution in [2.45, 2.75) is 26.8 Å². The van der Waals surface area contributed by atoms with Gasteiger partial charge in [-0.1, -0.05) is 24.6 Å². The molecule has 0 spiro atoms. The molecule has 108 valence electrons. The van der Waals surface area contributed by atoms with Crippen molar-refractivity contribution in [3.8, 4) is 5.75 Å². The lowest BCUT2D eigenvalue weighted by molar-refractivity contribution is -0.123. The largest absolute Gasteiger partial charge is 0.484 e. The Morgan fingerprint density at radius 1 is 1.32 bits per heavy atom. The second-order valence-electron chi connectivity index (χ2n) is 4.36. The third-order valence-electron chi connectivity index (χ3n) is 2.55. The molecule has 1 aromatic carbocycles. The van der Waals surface area contributed by atoms with E-state index in [0.717, 1.165) is 12.3 Å². The van der Waals surface area contributed by atoms with E-state index < -0.39 is 0 Å². The van der Waals surface area contributed by atoms with Gasteiger partial charge in [-0.05, 0) is 32.5 Å². The Labute approximate surface area is 121 Å². The van der Waals surface area contributed by atoms with Gasteiger partial charge in [-0.15, -0.1) is 12.4 Å². The summed E-state index contributed by atoms with van der Waals surface area (Å²) in [5.41, 5.74) is 1.17. The zero-order valence-electron chi connectivity index (χ0n) is 11.7. The highest BCUT2D eigenvalue weighted by atomic mass is 35.5. The molecular weight excluding hydrogens is 264 g/mol. The molecule has 0 radical (unpaired) electrons. The molecule has 0 fully saturated rings. The molecule has 1 aromatic rings. The summed E-state index contributed by atoms with van der Waals surface area (Å²) in [5, 5.41) is 6.05. The lowest BCUT2D eigenvalue weighted by Gasteiger charge is -2.13. The van der Waals surface area contributed by atoms with Gasteiger partial charge in [0.2, 0.25) is 0 Å². The lowest BCUT2D eigenvalue weighted by atomic mass is 10.2. The normalized spacial score (nSPS) is 11.3. The molecule has 0 bridgehead atoms. The minimum absolute atomic E-state index is 0. The number of hydrogen-bond donors (Lipinski definition) is 2. The number of likely N-dealkylation sites (N-methyl/N-ethyl adjacent to an activating group) is 1. The van der Waals surface area contributed by atoms with E-state index in [2.05, 4.69) is 10.6 Å². The first kappa shape index (κ1) is 17.7. The summed E-state index contributed by atoms with van der Waals surface area (Å²) < 4.78 is 5.38. The summed E-state index contributed by atoms with van der Waals surface area (Å²) in [4.78, 5) is 11.5. The predicted molar refractivity (Wildman–Crippen MR) is 80.1 cm³/mol. The number of nitrogens with one attached hydrogen (secondary N) is 2. The first-order valence-corrected chi connectivity index (χ1v) is 6.31. The summed E-state index contributed by atoms with van der Waals surface area (Å²) in [6.07, 6.45) is 0. The van der Waals surface area contributed by atoms with Crippen LogP contribution in [0.5, 0.6) is 5.75 Å². The van der Waals surface area contributed by atoms with Crippen LogP contribution in [0.15, 0.2) is 24.3 Å². The number of rotatable bonds is 7. The van der Waals surface area contributed by atoms with E-state index in [9.17, 15) is 4.79 Å². The van der Waals surface area contributed by atoms with Crippen molar-refractivity contribution in [1.29, 1.82) is 0 Å². The van der Waals surface area contributed by atoms with Crippen LogP contribution in [-0.2, 0) is 4.79 Å². The number of benzene rings is 1. The number of carbonyl (C=O) groups excluding carboxylic acids is 1. The smallest absolute Gasteiger partial charge is 0.257 e. The molecule has 0 unspecified atom stereocenters. The van der Waals surface area contributed by atoms with Crippen LogP contribution < -0.4 is 15.4 Å². The van der Waals surface area contributed by atoms with Gasteiger partial charge in [-0.2, -0.15) is 0 Å². The van der Waals surface area contributed by atoms with Gasteiger partial charge in [-0.25, -0.2) is 0 Å². The quantitative estimate of drug-likeness (QED) is 0.805. The van der Waals surface area contributed by atoms with Gasteiger partial charge in [0.15, 0.2) is 6.61 Å². The second kappa shape index (κ2) is 9.64. The fraction of sp³-hybridized carbons (Fsp3) is 0.500. The van der Waals surface area contributed by atoms with E-state index in [1.807, 2.05) is 45.0 Å². The summed E-state index contributed by atoms with van der Waals surface area (Å²) >= 11 is 0. The van der Waals surface area contributed by atoms with E-state index in [1.54, 1.807) is 0 Å². The van der Waals surface area contributed by atoms with Gasteiger partial charge >= 0.3 is 0 Å². The van der Waals surface area contributed by atoms with E-state index in [0.29, 0.717) is 6.54 Å². The molecule has 0 aromatic heterocycles. The van der Waals surface area contributed by atoms with Crippen molar-refractivity contribution < 1.29 is 9.53 Å². The molecule has 19 heavy (non-hydrogen) atoms. The maximum Gasteiger partial charge on any atom is 0.257 e. The molecule has 5 heteroatoms. The summed E-state index contributed by atoms with van der Waals surface area (Å²) in [7, 11) is 0. The minimum atomic E-state index is -0.0969. The van der Waals surface area contributed by atoms with Crippen LogP contribution in [0.4, 0.5) is 0 Å². The van der Waals surface area contributed by atoms with Crippen molar-refractivity contribution in [2.75, 3.05) is 19.7 Å². The van der Waals surface area contributed by atoms with Crippen molar-refractivity contribution in [1.82, 2.24) is 10.6 Å². The van der Waals surface area contributed by atoms with Gasteiger partial charge in [-0.3, -0.25) is 4.79 Å². The topological polar surface area (TPSA) is 50.4 Å². The van der Waals surface area contributed by atoms with Crippen LogP contribution >= 0.6 is 12.4 Å². The number of aryl methyl sites for hydroxylation is 1. The number of carbonyl (C=O) groups is 1. The first-order chi connectivity index (χ1) is 8.61. The number of hydrogen-bond acceptors (Lipinski definition) is 3. The maximum absolute atomic E-state index is 11.5. The number of amides is 1. The third kappa shape index (κ3) is 7.70. The van der Waals surface area contributed by atoms with Gasteiger partial charge in [0.05, 0.1) is 0 Å². The predicted octanol–water partition coefficient (Wildman–Crippen LogP) is 1.91. The molecule has 2 N–H and O–H groups in total. The average molecular weight is 287 g/mol. The van der Waals surface area contributed by atoms with Crippen LogP contribution in [0, 0.1) is 6.92 Å². The van der Waals surface area contributed by atoms with Crippen molar-refractivity contribution >= 4 is 18.3 Å². The molecule has 0 aliphatic carbocycles. The molecule has 4 nitrogen and oxygen atoms in total. The SMILES string of the molecule is CCN[C@H](C)CNC(=O)COc1ccc(C)cc1.Cl. The molecule has 1 atom stereocenters. The van der Waals surface area contributed by atoms with Crippen LogP contribution in [0.2, 0.25) is 0 Å². The molecule has 0 saturated heterocycles. The molecule has 1 rings (SSSR count). The Kier molecular flexibility index (Phi) is 9.00. The van der Waals surface area contributed by atoms with Crippen LogP contribution in [-0.4, -0.2) is 31.6 Å². The fourth-order valence-electron chi connectivity index (χ4n) is 1.52. The molecular formula is C14H23ClN2O2. The van der Waals surface area contributed by atoms with E-state index >= 15 is 0 Å². The Bertz CT molecular complexity index is 368. The van der Waals surface area contributed by atoms with Crippen molar-refractivity contribution in [2.24, 2.45) is 0 Å². The summed E-state index contributed by atoms with van der Waals surface area (Å²) in [6, 6.07) is 7.92. The van der Waals surface area contributed by atoms with Crippen LogP contribution in [0.3, 0.4) is 0 Å². The Hall–Kier alpha value is -1.26. The summed E-state index contributed by atoms with van der Waals surface area (Å²) in [5.74, 6) is 0.621. The van der Waals surface area contributed by atoms with Gasteiger partial charge < -0.3 is 15.4 Å². The zero-order valence-corrected chi connectivity index (χ0v) is 12.5. The van der Waals surface area contributed by atoms with E-state index in [-0.39, 0.29) is 31.0 Å². The van der Waals surface area contributed by atoms with Gasteiger partial charge in [0, 0.05) is 12.6 Å². The minimum Gasteiger partial charge on any atom is -0.484 e. The Balaban J connectivity index is 0.00000324. The zero-order chi connectivity index (χ0) is 13.4. The highest BCUT2D eigenvalue weighted by Gasteiger charge is 2.05. The number of ether oxygens (including phenoxy) is 1. The highest BCUT2D eigenvalue weighted by molar-refractivity contribution is 5.85. The molecule has 1 amide bonds. The maximum atomic E-state index is 11.5. The Morgan fingerprint density at radius 3 is 2.53 bits per heavy atom. The molecule has 0 saturated carbocycles. The van der Waals surface area contributed by atoms with Crippen LogP contribution in [0.25, 0.3) is 0 Å². The van der Waals surface area contributed by atoms with E-state index in [4.69, 9.17) is 4.74 Å². The summed E-state index contributed by atoms with van der Waals surface area (Å²) in [6.45, 7) is 7.66.